The summed E-state index contributed by atoms with van der Waals surface area (Å²) in [5.74, 6) is 1.96. The largest absolute Gasteiger partial charge is 0.390 e. The molecule has 0 amide bonds. The van der Waals surface area contributed by atoms with Crippen molar-refractivity contribution in [2.24, 2.45) is 5.92 Å². The van der Waals surface area contributed by atoms with Gasteiger partial charge in [-0.15, -0.1) is 0 Å². The summed E-state index contributed by atoms with van der Waals surface area (Å²) in [6.07, 6.45) is 3.43. The van der Waals surface area contributed by atoms with Crippen LogP contribution in [0, 0.1) is 5.92 Å². The molecule has 1 aromatic rings. The van der Waals surface area contributed by atoms with Gasteiger partial charge in [-0.1, -0.05) is 13.8 Å². The van der Waals surface area contributed by atoms with Crippen LogP contribution in [-0.4, -0.2) is 84.2 Å². The summed E-state index contributed by atoms with van der Waals surface area (Å²) in [7, 11) is 0. The zero-order chi connectivity index (χ0) is 19.1. The molecule has 152 valence electrons. The number of aromatic nitrogens is 2. The highest BCUT2D eigenvalue weighted by Gasteiger charge is 2.28. The third kappa shape index (κ3) is 6.27. The smallest absolute Gasteiger partial charge is 0.131 e. The summed E-state index contributed by atoms with van der Waals surface area (Å²) >= 11 is 0. The average molecular weight is 380 g/mol. The fourth-order valence-electron chi connectivity index (χ4n) is 3.71. The molecular weight excluding hydrogens is 346 g/mol. The maximum Gasteiger partial charge on any atom is 0.131 e. The van der Waals surface area contributed by atoms with Gasteiger partial charge in [-0.3, -0.25) is 4.90 Å². The van der Waals surface area contributed by atoms with Crippen LogP contribution in [0.4, 0.5) is 11.6 Å². The van der Waals surface area contributed by atoms with Gasteiger partial charge in [0.2, 0.25) is 0 Å². The van der Waals surface area contributed by atoms with Gasteiger partial charge in [-0.2, -0.15) is 0 Å². The summed E-state index contributed by atoms with van der Waals surface area (Å²) in [6.45, 7) is 9.53. The molecule has 27 heavy (non-hydrogen) atoms. The van der Waals surface area contributed by atoms with Gasteiger partial charge in [0, 0.05) is 38.9 Å². The number of aliphatic hydroxyl groups is 1. The van der Waals surface area contributed by atoms with Gasteiger partial charge in [-0.25, -0.2) is 9.97 Å². The van der Waals surface area contributed by atoms with Crippen molar-refractivity contribution in [3.63, 3.8) is 0 Å². The summed E-state index contributed by atoms with van der Waals surface area (Å²) in [5, 5.41) is 17.0. The van der Waals surface area contributed by atoms with Crippen LogP contribution in [-0.2, 0) is 9.47 Å². The van der Waals surface area contributed by atoms with Crippen molar-refractivity contribution in [3.05, 3.63) is 12.4 Å². The number of anilines is 2. The van der Waals surface area contributed by atoms with Crippen LogP contribution in [0.5, 0.6) is 0 Å². The molecule has 8 heteroatoms. The van der Waals surface area contributed by atoms with Crippen molar-refractivity contribution in [1.82, 2.24) is 14.9 Å². The first-order valence-electron chi connectivity index (χ1n) is 10.0. The van der Waals surface area contributed by atoms with Crippen molar-refractivity contribution in [2.75, 3.05) is 56.6 Å². The minimum absolute atomic E-state index is 0.195. The van der Waals surface area contributed by atoms with Crippen LogP contribution >= 0.6 is 0 Å². The second-order valence-corrected chi connectivity index (χ2v) is 7.71. The molecule has 0 aliphatic carbocycles. The Bertz CT molecular complexity index is 568. The summed E-state index contributed by atoms with van der Waals surface area (Å²) in [6, 6.07) is 2.15. The van der Waals surface area contributed by atoms with Crippen molar-refractivity contribution >= 4 is 11.6 Å². The summed E-state index contributed by atoms with van der Waals surface area (Å²) < 4.78 is 11.3. The molecule has 2 fully saturated rings. The third-order valence-corrected chi connectivity index (χ3v) is 5.12. The van der Waals surface area contributed by atoms with Gasteiger partial charge in [0.25, 0.3) is 0 Å². The molecular formula is C19H33N5O3. The highest BCUT2D eigenvalue weighted by Crippen LogP contribution is 2.23. The highest BCUT2D eigenvalue weighted by molar-refractivity contribution is 5.47. The molecule has 3 N–H and O–H groups in total. The van der Waals surface area contributed by atoms with E-state index in [0.717, 1.165) is 51.6 Å². The van der Waals surface area contributed by atoms with Crippen LogP contribution < -0.4 is 10.6 Å². The van der Waals surface area contributed by atoms with Crippen molar-refractivity contribution in [3.8, 4) is 0 Å². The Morgan fingerprint density at radius 3 is 2.78 bits per heavy atom. The number of hydrogen-bond donors (Lipinski definition) is 3. The zero-order valence-electron chi connectivity index (χ0n) is 16.4. The van der Waals surface area contributed by atoms with E-state index in [1.54, 1.807) is 6.33 Å². The number of aliphatic hydroxyl groups excluding tert-OH is 1. The van der Waals surface area contributed by atoms with Crippen LogP contribution in [0.25, 0.3) is 0 Å². The van der Waals surface area contributed by atoms with Crippen LogP contribution in [0.2, 0.25) is 0 Å². The molecule has 3 heterocycles. The van der Waals surface area contributed by atoms with E-state index >= 15 is 0 Å². The quantitative estimate of drug-likeness (QED) is 0.621. The van der Waals surface area contributed by atoms with Gasteiger partial charge in [-0.05, 0) is 18.8 Å². The van der Waals surface area contributed by atoms with Gasteiger partial charge < -0.3 is 25.2 Å². The van der Waals surface area contributed by atoms with E-state index in [4.69, 9.17) is 9.47 Å². The lowest BCUT2D eigenvalue weighted by Gasteiger charge is -2.35. The van der Waals surface area contributed by atoms with E-state index in [1.807, 2.05) is 6.07 Å². The number of nitrogens with zero attached hydrogens (tertiary/aromatic N) is 3. The Morgan fingerprint density at radius 2 is 2.00 bits per heavy atom. The van der Waals surface area contributed by atoms with E-state index in [2.05, 4.69) is 39.3 Å². The molecule has 0 spiro atoms. The van der Waals surface area contributed by atoms with Crippen molar-refractivity contribution < 1.29 is 14.6 Å². The number of morpholine rings is 1. The molecule has 0 unspecified atom stereocenters. The number of rotatable bonds is 8. The average Bonchev–Trinajstić information content (AvgIpc) is 2.68. The number of nitrogens with one attached hydrogen (secondary N) is 2. The minimum atomic E-state index is -0.452. The van der Waals surface area contributed by atoms with E-state index < -0.39 is 6.10 Å². The molecule has 0 aromatic carbocycles. The van der Waals surface area contributed by atoms with Crippen molar-refractivity contribution in [1.29, 1.82) is 0 Å². The van der Waals surface area contributed by atoms with E-state index in [9.17, 15) is 5.11 Å². The Hall–Kier alpha value is -1.48. The van der Waals surface area contributed by atoms with Crippen LogP contribution in [0.15, 0.2) is 12.4 Å². The van der Waals surface area contributed by atoms with E-state index in [0.29, 0.717) is 24.8 Å². The first kappa shape index (κ1) is 20.3. The highest BCUT2D eigenvalue weighted by atomic mass is 16.5. The number of ether oxygens (including phenoxy) is 2. The molecule has 8 nitrogen and oxygen atoms in total. The van der Waals surface area contributed by atoms with E-state index in [-0.39, 0.29) is 12.1 Å². The monoisotopic (exact) mass is 379 g/mol. The third-order valence-electron chi connectivity index (χ3n) is 5.12. The molecule has 3 atom stereocenters. The Labute approximate surface area is 161 Å². The summed E-state index contributed by atoms with van der Waals surface area (Å²) in [5.41, 5.74) is 0. The Morgan fingerprint density at radius 1 is 1.22 bits per heavy atom. The maximum atomic E-state index is 10.3. The molecule has 0 radical (unpaired) electrons. The fraction of sp³-hybridized carbons (Fsp3) is 0.789. The summed E-state index contributed by atoms with van der Waals surface area (Å²) in [4.78, 5) is 10.8. The lowest BCUT2D eigenvalue weighted by Crippen LogP contribution is -2.43. The van der Waals surface area contributed by atoms with Gasteiger partial charge in [0.05, 0.1) is 31.5 Å². The van der Waals surface area contributed by atoms with Gasteiger partial charge >= 0.3 is 0 Å². The lowest BCUT2D eigenvalue weighted by atomic mass is 9.94. The fourth-order valence-corrected chi connectivity index (χ4v) is 3.71. The molecule has 1 aromatic heterocycles. The molecule has 0 bridgehead atoms. The van der Waals surface area contributed by atoms with Gasteiger partial charge in [0.15, 0.2) is 0 Å². The second-order valence-electron chi connectivity index (χ2n) is 7.71. The lowest BCUT2D eigenvalue weighted by molar-refractivity contribution is -0.0203. The van der Waals surface area contributed by atoms with Crippen molar-refractivity contribution in [2.45, 2.75) is 44.9 Å². The first-order chi connectivity index (χ1) is 13.1. The molecule has 2 aliphatic heterocycles. The topological polar surface area (TPSA) is 91.8 Å². The first-order valence-corrected chi connectivity index (χ1v) is 10.0. The minimum Gasteiger partial charge on any atom is -0.390 e. The molecule has 0 saturated carbocycles. The maximum absolute atomic E-state index is 10.3. The van der Waals surface area contributed by atoms with Crippen LogP contribution in [0.1, 0.15) is 26.7 Å². The Balaban J connectivity index is 1.49. The zero-order valence-corrected chi connectivity index (χ0v) is 16.4. The normalized spacial score (nSPS) is 25.3. The number of hydrogen-bond acceptors (Lipinski definition) is 8. The predicted molar refractivity (Wildman–Crippen MR) is 105 cm³/mol. The molecule has 2 saturated heterocycles. The second kappa shape index (κ2) is 10.2. The molecule has 2 aliphatic rings. The predicted octanol–water partition coefficient (Wildman–Crippen LogP) is 1.20. The van der Waals surface area contributed by atoms with Gasteiger partial charge in [0.1, 0.15) is 18.0 Å². The van der Waals surface area contributed by atoms with Crippen LogP contribution in [0.3, 0.4) is 0 Å². The number of β-amino-alcohol motifs (C(OH)–C–C–N with tert-alkyl or cyclic N) is 1. The van der Waals surface area contributed by atoms with E-state index in [1.165, 1.54) is 0 Å². The SMILES string of the molecule is CC(C)[C@@H]1OCCC[C@H]1Nc1cc(NC[C@@H](O)CN2CCOCC2)ncn1. The Kier molecular flexibility index (Phi) is 7.63. The molecule has 3 rings (SSSR count). The standard InChI is InChI=1S/C19H33N5O3/c1-14(2)19-16(4-3-7-27-19)23-18-10-17(21-13-22-18)20-11-15(25)12-24-5-8-26-9-6-24/h10,13-16,19,25H,3-9,11-12H2,1-2H3,(H2,20,21,22,23)/t15-,16-,19+/m1/s1.